The van der Waals surface area contributed by atoms with Crippen LogP contribution in [0.3, 0.4) is 0 Å². The van der Waals surface area contributed by atoms with Gasteiger partial charge in [0.2, 0.25) is 0 Å². The van der Waals surface area contributed by atoms with Crippen molar-refractivity contribution in [3.8, 4) is 22.3 Å². The topological polar surface area (TPSA) is 3.24 Å². The monoisotopic (exact) mass is 422 g/mol. The van der Waals surface area contributed by atoms with Crippen molar-refractivity contribution in [1.29, 1.82) is 0 Å². The smallest absolute Gasteiger partial charge is 0.148 e. The Kier molecular flexibility index (Phi) is 5.00. The highest BCUT2D eigenvalue weighted by molar-refractivity contribution is 6.51. The summed E-state index contributed by atoms with van der Waals surface area (Å²) in [5.74, 6) is 0. The van der Waals surface area contributed by atoms with Gasteiger partial charge in [-0.1, -0.05) is 103 Å². The number of anilines is 2. The summed E-state index contributed by atoms with van der Waals surface area (Å²) in [7, 11) is 2.14. The maximum Gasteiger partial charge on any atom is 0.148 e. The van der Waals surface area contributed by atoms with Crippen LogP contribution in [0, 0.1) is 0 Å². The fourth-order valence-electron chi connectivity index (χ4n) is 5.13. The lowest BCUT2D eigenvalue weighted by molar-refractivity contribution is 0.931. The minimum absolute atomic E-state index is 1.01. The van der Waals surface area contributed by atoms with E-state index in [0.717, 1.165) is 12.8 Å². The summed E-state index contributed by atoms with van der Waals surface area (Å²) in [5.41, 5.74) is 13.0. The molecule has 0 amide bonds. The van der Waals surface area contributed by atoms with Crippen LogP contribution in [0.2, 0.25) is 6.82 Å². The van der Waals surface area contributed by atoms with Crippen LogP contribution >= 0.6 is 0 Å². The molecule has 0 aromatic heterocycles. The van der Waals surface area contributed by atoms with Gasteiger partial charge in [-0.25, -0.2) is 0 Å². The van der Waals surface area contributed by atoms with Gasteiger partial charge in [0.1, 0.15) is 7.28 Å². The number of rotatable bonds is 3. The molecule has 0 unspecified atom stereocenters. The SMILES string of the molecule is C[B]c1ccc(C2=CC=C(N3c4ccccc4-c4ccccc4-c4ccccc43)CC2)cc1. The first-order valence-electron chi connectivity index (χ1n) is 11.7. The average Bonchev–Trinajstić information content (AvgIpc) is 3.02. The van der Waals surface area contributed by atoms with E-state index in [0.29, 0.717) is 0 Å². The lowest BCUT2D eigenvalue weighted by Crippen LogP contribution is -2.18. The van der Waals surface area contributed by atoms with E-state index in [-0.39, 0.29) is 0 Å². The summed E-state index contributed by atoms with van der Waals surface area (Å²) >= 11 is 0. The standard InChI is InChI=1S/C31H25BN/c1-32-24-18-14-22(15-19-24)23-16-20-25(21-17-23)33-30-12-6-4-10-28(30)26-8-2-3-9-27(26)29-11-5-7-13-31(29)33/h2-16,18-20H,17,21H2,1H3. The molecule has 0 saturated heterocycles. The fraction of sp³-hybridized carbons (Fsp3) is 0.0968. The molecule has 4 aromatic rings. The summed E-state index contributed by atoms with van der Waals surface area (Å²) in [6.45, 7) is 2.08. The van der Waals surface area contributed by atoms with E-state index in [2.05, 4.69) is 128 Å². The molecular formula is C31H25BN. The molecule has 4 aromatic carbocycles. The molecule has 0 spiro atoms. The number of hydrogen-bond donors (Lipinski definition) is 0. The molecule has 0 atom stereocenters. The Balaban J connectivity index is 1.50. The van der Waals surface area contributed by atoms with Gasteiger partial charge in [-0.2, -0.15) is 0 Å². The van der Waals surface area contributed by atoms with Crippen molar-refractivity contribution in [2.45, 2.75) is 19.7 Å². The quantitative estimate of drug-likeness (QED) is 0.307. The van der Waals surface area contributed by atoms with Gasteiger partial charge in [-0.05, 0) is 53.3 Å². The number of fused-ring (bicyclic) bond motifs is 5. The zero-order chi connectivity index (χ0) is 22.2. The molecule has 33 heavy (non-hydrogen) atoms. The molecule has 1 aliphatic carbocycles. The highest BCUT2D eigenvalue weighted by atomic mass is 15.2. The first-order valence-corrected chi connectivity index (χ1v) is 11.7. The van der Waals surface area contributed by atoms with Crippen molar-refractivity contribution < 1.29 is 0 Å². The third-order valence-electron chi connectivity index (χ3n) is 6.83. The maximum absolute atomic E-state index is 2.48. The minimum Gasteiger partial charge on any atom is -0.313 e. The first-order chi connectivity index (χ1) is 16.3. The molecule has 0 fully saturated rings. The second kappa shape index (κ2) is 8.29. The summed E-state index contributed by atoms with van der Waals surface area (Å²) in [4.78, 5) is 2.48. The third kappa shape index (κ3) is 3.43. The van der Waals surface area contributed by atoms with Gasteiger partial charge < -0.3 is 4.90 Å². The summed E-state index contributed by atoms with van der Waals surface area (Å²) < 4.78 is 0. The van der Waals surface area contributed by atoms with Crippen LogP contribution in [-0.2, 0) is 0 Å². The van der Waals surface area contributed by atoms with Crippen LogP contribution in [0.4, 0.5) is 11.4 Å². The molecule has 0 N–H and O–H groups in total. The molecule has 157 valence electrons. The van der Waals surface area contributed by atoms with Gasteiger partial charge in [0.15, 0.2) is 0 Å². The Morgan fingerprint density at radius 1 is 0.576 bits per heavy atom. The maximum atomic E-state index is 2.48. The Morgan fingerprint density at radius 3 is 1.64 bits per heavy atom. The molecule has 1 heterocycles. The van der Waals surface area contributed by atoms with Crippen molar-refractivity contribution in [2.24, 2.45) is 0 Å². The predicted molar refractivity (Wildman–Crippen MR) is 142 cm³/mol. The third-order valence-corrected chi connectivity index (χ3v) is 6.83. The normalized spacial score (nSPS) is 14.3. The van der Waals surface area contributed by atoms with Gasteiger partial charge in [0.25, 0.3) is 0 Å². The second-order valence-electron chi connectivity index (χ2n) is 8.68. The molecule has 1 radical (unpaired) electrons. The molecule has 1 nitrogen and oxygen atoms in total. The van der Waals surface area contributed by atoms with Crippen LogP contribution in [-0.4, -0.2) is 7.28 Å². The lowest BCUT2D eigenvalue weighted by Gasteiger charge is -2.31. The van der Waals surface area contributed by atoms with Crippen LogP contribution < -0.4 is 10.4 Å². The van der Waals surface area contributed by atoms with Crippen LogP contribution in [0.5, 0.6) is 0 Å². The summed E-state index contributed by atoms with van der Waals surface area (Å²) in [5, 5.41) is 0. The van der Waals surface area contributed by atoms with E-state index in [4.69, 9.17) is 0 Å². The number of benzene rings is 4. The summed E-state index contributed by atoms with van der Waals surface area (Å²) in [6, 6.07) is 35.3. The second-order valence-corrected chi connectivity index (χ2v) is 8.68. The first kappa shape index (κ1) is 19.9. The van der Waals surface area contributed by atoms with E-state index in [1.807, 2.05) is 0 Å². The molecule has 2 heteroatoms. The van der Waals surface area contributed by atoms with Crippen molar-refractivity contribution >= 4 is 29.7 Å². The molecule has 1 aliphatic heterocycles. The largest absolute Gasteiger partial charge is 0.313 e. The minimum atomic E-state index is 1.01. The van der Waals surface area contributed by atoms with Gasteiger partial charge in [-0.15, -0.1) is 0 Å². The van der Waals surface area contributed by atoms with Gasteiger partial charge in [0, 0.05) is 16.8 Å². The Bertz CT molecular complexity index is 1330. The Labute approximate surface area is 197 Å². The van der Waals surface area contributed by atoms with Crippen molar-refractivity contribution in [2.75, 3.05) is 4.90 Å². The van der Waals surface area contributed by atoms with Crippen LogP contribution in [0.1, 0.15) is 18.4 Å². The zero-order valence-electron chi connectivity index (χ0n) is 18.8. The predicted octanol–water partition coefficient (Wildman–Crippen LogP) is 7.61. The van der Waals surface area contributed by atoms with Gasteiger partial charge in [0.05, 0.1) is 11.4 Å². The number of para-hydroxylation sites is 2. The highest BCUT2D eigenvalue weighted by Crippen LogP contribution is 2.49. The number of allylic oxidation sites excluding steroid dienone is 4. The zero-order valence-corrected chi connectivity index (χ0v) is 18.8. The molecular weight excluding hydrogens is 397 g/mol. The van der Waals surface area contributed by atoms with E-state index >= 15 is 0 Å². The van der Waals surface area contributed by atoms with Crippen molar-refractivity contribution in [3.05, 3.63) is 120 Å². The molecule has 0 saturated carbocycles. The molecule has 2 aliphatic rings. The fourth-order valence-corrected chi connectivity index (χ4v) is 5.13. The van der Waals surface area contributed by atoms with Gasteiger partial charge in [-0.3, -0.25) is 0 Å². The van der Waals surface area contributed by atoms with E-state index in [9.17, 15) is 0 Å². The van der Waals surface area contributed by atoms with Gasteiger partial charge >= 0.3 is 0 Å². The van der Waals surface area contributed by atoms with E-state index in [1.165, 1.54) is 55.9 Å². The van der Waals surface area contributed by atoms with Crippen LogP contribution in [0.25, 0.3) is 27.8 Å². The number of nitrogens with zero attached hydrogens (tertiary/aromatic N) is 1. The lowest BCUT2D eigenvalue weighted by atomic mass is 9.73. The molecule has 0 bridgehead atoms. The highest BCUT2D eigenvalue weighted by Gasteiger charge is 2.27. The Morgan fingerprint density at radius 2 is 1.12 bits per heavy atom. The van der Waals surface area contributed by atoms with Crippen LogP contribution in [0.15, 0.2) is 115 Å². The van der Waals surface area contributed by atoms with E-state index < -0.39 is 0 Å². The number of hydrogen-bond acceptors (Lipinski definition) is 1. The summed E-state index contributed by atoms with van der Waals surface area (Å²) in [6.07, 6.45) is 6.68. The molecule has 6 rings (SSSR count). The van der Waals surface area contributed by atoms with Crippen molar-refractivity contribution in [3.63, 3.8) is 0 Å². The van der Waals surface area contributed by atoms with Crippen molar-refractivity contribution in [1.82, 2.24) is 0 Å². The Hall–Kier alpha value is -3.78. The van der Waals surface area contributed by atoms with E-state index in [1.54, 1.807) is 0 Å². The average molecular weight is 422 g/mol.